The lowest BCUT2D eigenvalue weighted by molar-refractivity contribution is 0.0947. The number of thiophene rings is 1. The largest absolute Gasteiger partial charge is 0.351 e. The molecular formula is C16H13N3OS. The third-order valence-electron chi connectivity index (χ3n) is 3.45. The van der Waals surface area contributed by atoms with Gasteiger partial charge in [0.2, 0.25) is 0 Å². The van der Waals surface area contributed by atoms with Crippen LogP contribution in [0.2, 0.25) is 0 Å². The average Bonchev–Trinajstić information content (AvgIpc) is 3.15. The SMILES string of the molecule is Cn1ccc2c(C(=O)NC(C#N)c3ccsc3)cccc21. The normalized spacial score (nSPS) is 12.0. The number of benzene rings is 1. The lowest BCUT2D eigenvalue weighted by atomic mass is 10.1. The number of carbonyl (C=O) groups is 1. The van der Waals surface area contributed by atoms with Crippen molar-refractivity contribution in [1.29, 1.82) is 5.26 Å². The molecule has 0 aliphatic rings. The molecule has 0 spiro atoms. The van der Waals surface area contributed by atoms with Crippen molar-refractivity contribution < 1.29 is 4.79 Å². The summed E-state index contributed by atoms with van der Waals surface area (Å²) in [6.07, 6.45) is 1.92. The number of aryl methyl sites for hydroxylation is 1. The fourth-order valence-corrected chi connectivity index (χ4v) is 3.02. The second-order valence-electron chi connectivity index (χ2n) is 4.76. The van der Waals surface area contributed by atoms with Crippen molar-refractivity contribution in [3.63, 3.8) is 0 Å². The summed E-state index contributed by atoms with van der Waals surface area (Å²) in [4.78, 5) is 12.5. The zero-order chi connectivity index (χ0) is 14.8. The summed E-state index contributed by atoms with van der Waals surface area (Å²) in [6, 6.07) is 10.9. The zero-order valence-electron chi connectivity index (χ0n) is 11.4. The van der Waals surface area contributed by atoms with Gasteiger partial charge in [-0.15, -0.1) is 0 Å². The van der Waals surface area contributed by atoms with E-state index in [2.05, 4.69) is 11.4 Å². The van der Waals surface area contributed by atoms with E-state index in [9.17, 15) is 10.1 Å². The molecule has 3 rings (SSSR count). The van der Waals surface area contributed by atoms with E-state index in [-0.39, 0.29) is 5.91 Å². The number of hydrogen-bond acceptors (Lipinski definition) is 3. The van der Waals surface area contributed by atoms with Crippen molar-refractivity contribution in [2.75, 3.05) is 0 Å². The fraction of sp³-hybridized carbons (Fsp3) is 0.125. The predicted molar refractivity (Wildman–Crippen MR) is 83.1 cm³/mol. The molecule has 1 atom stereocenters. The van der Waals surface area contributed by atoms with E-state index in [1.165, 1.54) is 11.3 Å². The van der Waals surface area contributed by atoms with Crippen molar-refractivity contribution in [3.8, 4) is 6.07 Å². The van der Waals surface area contributed by atoms with Crippen LogP contribution in [-0.4, -0.2) is 10.5 Å². The monoisotopic (exact) mass is 295 g/mol. The van der Waals surface area contributed by atoms with Gasteiger partial charge in [0.05, 0.1) is 6.07 Å². The summed E-state index contributed by atoms with van der Waals surface area (Å²) in [5.41, 5.74) is 2.39. The Morgan fingerprint density at radius 3 is 2.95 bits per heavy atom. The molecule has 0 saturated carbocycles. The van der Waals surface area contributed by atoms with Gasteiger partial charge in [-0.1, -0.05) is 6.07 Å². The van der Waals surface area contributed by atoms with Crippen LogP contribution in [0.15, 0.2) is 47.3 Å². The third-order valence-corrected chi connectivity index (χ3v) is 4.16. The first-order chi connectivity index (χ1) is 10.2. The highest BCUT2D eigenvalue weighted by Crippen LogP contribution is 2.21. The first-order valence-corrected chi connectivity index (χ1v) is 7.41. The minimum absolute atomic E-state index is 0.232. The van der Waals surface area contributed by atoms with E-state index >= 15 is 0 Å². The first kappa shape index (κ1) is 13.4. The Bertz CT molecular complexity index is 827. The van der Waals surface area contributed by atoms with Crippen LogP contribution in [0.3, 0.4) is 0 Å². The quantitative estimate of drug-likeness (QED) is 0.806. The number of carbonyl (C=O) groups excluding carboxylic acids is 1. The highest BCUT2D eigenvalue weighted by atomic mass is 32.1. The van der Waals surface area contributed by atoms with Crippen LogP contribution < -0.4 is 5.32 Å². The highest BCUT2D eigenvalue weighted by molar-refractivity contribution is 7.08. The van der Waals surface area contributed by atoms with Gasteiger partial charge >= 0.3 is 0 Å². The molecule has 1 amide bonds. The molecule has 0 aliphatic heterocycles. The van der Waals surface area contributed by atoms with Crippen molar-refractivity contribution in [2.24, 2.45) is 7.05 Å². The van der Waals surface area contributed by atoms with E-state index in [1.807, 2.05) is 52.8 Å². The van der Waals surface area contributed by atoms with Gasteiger partial charge in [-0.3, -0.25) is 4.79 Å². The number of nitrogens with one attached hydrogen (secondary N) is 1. The number of amides is 1. The molecule has 1 N–H and O–H groups in total. The molecule has 1 aromatic carbocycles. The van der Waals surface area contributed by atoms with Gasteiger partial charge in [0.1, 0.15) is 6.04 Å². The number of nitrogens with zero attached hydrogens (tertiary/aromatic N) is 2. The molecule has 21 heavy (non-hydrogen) atoms. The van der Waals surface area contributed by atoms with Crippen LogP contribution in [0.5, 0.6) is 0 Å². The summed E-state index contributed by atoms with van der Waals surface area (Å²) in [7, 11) is 1.94. The Morgan fingerprint density at radius 1 is 1.38 bits per heavy atom. The van der Waals surface area contributed by atoms with E-state index in [4.69, 9.17) is 0 Å². The van der Waals surface area contributed by atoms with Crippen LogP contribution in [0.4, 0.5) is 0 Å². The molecule has 4 nitrogen and oxygen atoms in total. The molecule has 3 aromatic rings. The Hall–Kier alpha value is -2.58. The van der Waals surface area contributed by atoms with E-state index in [0.29, 0.717) is 5.56 Å². The van der Waals surface area contributed by atoms with Crippen LogP contribution >= 0.6 is 11.3 Å². The molecule has 2 aromatic heterocycles. The summed E-state index contributed by atoms with van der Waals surface area (Å²) in [5.74, 6) is -0.232. The van der Waals surface area contributed by atoms with Gasteiger partial charge in [-0.2, -0.15) is 16.6 Å². The van der Waals surface area contributed by atoms with Crippen LogP contribution in [0.25, 0.3) is 10.9 Å². The maximum absolute atomic E-state index is 12.5. The summed E-state index contributed by atoms with van der Waals surface area (Å²) in [5, 5.41) is 16.7. The van der Waals surface area contributed by atoms with Crippen molar-refractivity contribution >= 4 is 28.1 Å². The molecule has 0 saturated heterocycles. The van der Waals surface area contributed by atoms with Crippen LogP contribution in [0.1, 0.15) is 22.0 Å². The maximum atomic E-state index is 12.5. The highest BCUT2D eigenvalue weighted by Gasteiger charge is 2.17. The fourth-order valence-electron chi connectivity index (χ4n) is 2.34. The Labute approximate surface area is 126 Å². The van der Waals surface area contributed by atoms with Gasteiger partial charge < -0.3 is 9.88 Å². The number of fused-ring (bicyclic) bond motifs is 1. The summed E-state index contributed by atoms with van der Waals surface area (Å²) < 4.78 is 1.97. The molecule has 1 unspecified atom stereocenters. The topological polar surface area (TPSA) is 57.8 Å². The number of nitriles is 1. The number of rotatable bonds is 3. The minimum Gasteiger partial charge on any atom is -0.351 e. The van der Waals surface area contributed by atoms with Gasteiger partial charge in [0.25, 0.3) is 5.91 Å². The molecule has 104 valence electrons. The van der Waals surface area contributed by atoms with Crippen molar-refractivity contribution in [3.05, 3.63) is 58.4 Å². The Balaban J connectivity index is 1.93. The lowest BCUT2D eigenvalue weighted by Gasteiger charge is -2.11. The van der Waals surface area contributed by atoms with Crippen LogP contribution in [0, 0.1) is 11.3 Å². The second-order valence-corrected chi connectivity index (χ2v) is 5.54. The van der Waals surface area contributed by atoms with Crippen LogP contribution in [-0.2, 0) is 7.05 Å². The molecule has 0 aliphatic carbocycles. The van der Waals surface area contributed by atoms with Gasteiger partial charge in [0.15, 0.2) is 0 Å². The molecule has 2 heterocycles. The van der Waals surface area contributed by atoms with E-state index in [1.54, 1.807) is 6.07 Å². The first-order valence-electron chi connectivity index (χ1n) is 6.47. The standard InChI is InChI=1S/C16H13N3OS/c1-19-7-5-12-13(3-2-4-15(12)19)16(20)18-14(9-17)11-6-8-21-10-11/h2-8,10,14H,1H3,(H,18,20). The summed E-state index contributed by atoms with van der Waals surface area (Å²) in [6.45, 7) is 0. The second kappa shape index (κ2) is 5.43. The Kier molecular flexibility index (Phi) is 3.46. The minimum atomic E-state index is -0.622. The van der Waals surface area contributed by atoms with E-state index < -0.39 is 6.04 Å². The predicted octanol–water partition coefficient (Wildman–Crippen LogP) is 3.23. The molecule has 0 radical (unpaired) electrons. The Morgan fingerprint density at radius 2 is 2.24 bits per heavy atom. The summed E-state index contributed by atoms with van der Waals surface area (Å²) >= 11 is 1.51. The number of hydrogen-bond donors (Lipinski definition) is 1. The van der Waals surface area contributed by atoms with Crippen molar-refractivity contribution in [1.82, 2.24) is 9.88 Å². The molecule has 0 bridgehead atoms. The zero-order valence-corrected chi connectivity index (χ0v) is 12.2. The smallest absolute Gasteiger partial charge is 0.253 e. The third kappa shape index (κ3) is 2.41. The average molecular weight is 295 g/mol. The van der Waals surface area contributed by atoms with Crippen molar-refractivity contribution in [2.45, 2.75) is 6.04 Å². The molecule has 0 fully saturated rings. The molecular weight excluding hydrogens is 282 g/mol. The molecule has 5 heteroatoms. The van der Waals surface area contributed by atoms with E-state index in [0.717, 1.165) is 16.5 Å². The van der Waals surface area contributed by atoms with Gasteiger partial charge in [-0.05, 0) is 40.6 Å². The number of aromatic nitrogens is 1. The van der Waals surface area contributed by atoms with Gasteiger partial charge in [0, 0.05) is 29.7 Å². The van der Waals surface area contributed by atoms with Gasteiger partial charge in [-0.25, -0.2) is 0 Å². The lowest BCUT2D eigenvalue weighted by Crippen LogP contribution is -2.27. The maximum Gasteiger partial charge on any atom is 0.253 e.